The Bertz CT molecular complexity index is 2210. The van der Waals surface area contributed by atoms with Crippen LogP contribution >= 0.6 is 22.9 Å². The predicted molar refractivity (Wildman–Crippen MR) is 219 cm³/mol. The number of nitrogens with zero attached hydrogens (tertiary/aromatic N) is 7. The molecule has 4 saturated heterocycles. The number of likely N-dealkylation sites (tertiary alicyclic amines) is 1. The standard InChI is InChI=1S/C42H46ClN9O6S/c43-33-20-30(5-1-26(33)21-44)58-29-6-2-27(3-7-29)45-37(55)38-47-48-41(59-38)51-23-42(24-51)13-17-49(18-14-42)22-25-11-15-50(16-12-25)28-4-8-31-32(19-28)40(57)52(39(31)56)34-9-10-35(53)46-36(34)54/h1,4-5,8,19-20,25,27,29,34H,2-3,6-7,9-18,22-24H2,(H,45,55)(H,46,53,54). The van der Waals surface area contributed by atoms with Crippen molar-refractivity contribution in [1.29, 1.82) is 5.26 Å². The van der Waals surface area contributed by atoms with Crippen molar-refractivity contribution in [3.05, 3.63) is 63.1 Å². The van der Waals surface area contributed by atoms with Crippen molar-refractivity contribution in [3.8, 4) is 11.8 Å². The quantitative estimate of drug-likeness (QED) is 0.291. The Kier molecular flexibility index (Phi) is 10.8. The number of fused-ring (bicyclic) bond motifs is 1. The number of nitrogens with one attached hydrogen (secondary N) is 2. The van der Waals surface area contributed by atoms with Crippen molar-refractivity contribution < 1.29 is 28.7 Å². The van der Waals surface area contributed by atoms with Crippen molar-refractivity contribution in [1.82, 2.24) is 30.6 Å². The van der Waals surface area contributed by atoms with E-state index in [9.17, 15) is 24.0 Å². The van der Waals surface area contributed by atoms with E-state index in [0.717, 1.165) is 113 Å². The first-order valence-electron chi connectivity index (χ1n) is 20.6. The summed E-state index contributed by atoms with van der Waals surface area (Å²) in [4.78, 5) is 71.8. The van der Waals surface area contributed by atoms with Gasteiger partial charge < -0.3 is 24.8 Å². The molecule has 0 bridgehead atoms. The van der Waals surface area contributed by atoms with Crippen molar-refractivity contribution in [2.24, 2.45) is 11.3 Å². The first-order chi connectivity index (χ1) is 28.5. The van der Waals surface area contributed by atoms with E-state index in [1.807, 2.05) is 6.07 Å². The summed E-state index contributed by atoms with van der Waals surface area (Å²) in [5.41, 5.74) is 2.22. The van der Waals surface area contributed by atoms with Crippen molar-refractivity contribution in [3.63, 3.8) is 0 Å². The molecule has 2 aromatic carbocycles. The molecule has 1 unspecified atom stereocenters. The Balaban J connectivity index is 0.687. The van der Waals surface area contributed by atoms with Crippen LogP contribution in [0.2, 0.25) is 5.02 Å². The van der Waals surface area contributed by atoms with Gasteiger partial charge in [-0.2, -0.15) is 5.26 Å². The Hall–Kier alpha value is -5.11. The molecule has 1 atom stereocenters. The van der Waals surface area contributed by atoms with E-state index in [0.29, 0.717) is 38.4 Å². The summed E-state index contributed by atoms with van der Waals surface area (Å²) in [6.45, 7) is 6.80. The summed E-state index contributed by atoms with van der Waals surface area (Å²) >= 11 is 7.52. The molecule has 15 nitrogen and oxygen atoms in total. The number of amides is 5. The fourth-order valence-corrected chi connectivity index (χ4v) is 10.6. The number of benzene rings is 2. The molecule has 0 radical (unpaired) electrons. The number of nitriles is 1. The maximum Gasteiger partial charge on any atom is 0.282 e. The van der Waals surface area contributed by atoms with E-state index in [4.69, 9.17) is 21.6 Å². The number of carbonyl (C=O) groups is 5. The monoisotopic (exact) mass is 839 g/mol. The van der Waals surface area contributed by atoms with Crippen LogP contribution in [0.15, 0.2) is 36.4 Å². The Morgan fingerprint density at radius 3 is 2.37 bits per heavy atom. The molecular weight excluding hydrogens is 794 g/mol. The third-order valence-electron chi connectivity index (χ3n) is 13.1. The highest BCUT2D eigenvalue weighted by Gasteiger charge is 2.47. The van der Waals surface area contributed by atoms with Crippen LogP contribution in [-0.4, -0.2) is 114 Å². The van der Waals surface area contributed by atoms with Gasteiger partial charge >= 0.3 is 0 Å². The van der Waals surface area contributed by atoms with Crippen molar-refractivity contribution in [2.75, 3.05) is 55.6 Å². The van der Waals surface area contributed by atoms with Gasteiger partial charge in [-0.1, -0.05) is 22.9 Å². The number of hydrogen-bond donors (Lipinski definition) is 2. The lowest BCUT2D eigenvalue weighted by molar-refractivity contribution is -0.136. The second-order valence-corrected chi connectivity index (χ2v) is 18.3. The molecule has 59 heavy (non-hydrogen) atoms. The van der Waals surface area contributed by atoms with Crippen LogP contribution in [0.5, 0.6) is 5.75 Å². The van der Waals surface area contributed by atoms with Gasteiger partial charge in [-0.25, -0.2) is 0 Å². The lowest BCUT2D eigenvalue weighted by atomic mass is 9.72. The largest absolute Gasteiger partial charge is 0.490 e. The molecule has 1 aliphatic carbocycles. The highest BCUT2D eigenvalue weighted by Crippen LogP contribution is 2.44. The Morgan fingerprint density at radius 1 is 0.915 bits per heavy atom. The zero-order chi connectivity index (χ0) is 40.8. The molecule has 308 valence electrons. The van der Waals surface area contributed by atoms with Crippen molar-refractivity contribution >= 4 is 63.3 Å². The van der Waals surface area contributed by atoms with E-state index in [1.54, 1.807) is 30.3 Å². The maximum absolute atomic E-state index is 13.3. The first kappa shape index (κ1) is 39.4. The van der Waals surface area contributed by atoms with Gasteiger partial charge in [0.15, 0.2) is 0 Å². The van der Waals surface area contributed by atoms with Gasteiger partial charge in [-0.3, -0.25) is 34.2 Å². The summed E-state index contributed by atoms with van der Waals surface area (Å²) in [7, 11) is 0. The van der Waals surface area contributed by atoms with Crippen LogP contribution in [0, 0.1) is 22.7 Å². The normalized spacial score (nSPS) is 24.7. The molecule has 1 aromatic heterocycles. The van der Waals surface area contributed by atoms with E-state index in [-0.39, 0.29) is 42.2 Å². The topological polar surface area (TPSA) is 181 Å². The average Bonchev–Trinajstić information content (AvgIpc) is 3.81. The summed E-state index contributed by atoms with van der Waals surface area (Å²) in [5, 5.41) is 24.7. The maximum atomic E-state index is 13.3. The number of aromatic nitrogens is 2. The third-order valence-corrected chi connectivity index (χ3v) is 14.4. The Labute approximate surface area is 351 Å². The minimum absolute atomic E-state index is 0.0292. The second-order valence-electron chi connectivity index (χ2n) is 17.0. The summed E-state index contributed by atoms with van der Waals surface area (Å²) in [5.74, 6) is -0.895. The lowest BCUT2D eigenvalue weighted by Gasteiger charge is -2.54. The number of rotatable bonds is 9. The van der Waals surface area contributed by atoms with Crippen LogP contribution in [0.4, 0.5) is 10.8 Å². The van der Waals surface area contributed by atoms with Crippen LogP contribution in [0.1, 0.15) is 100 Å². The van der Waals surface area contributed by atoms with E-state index >= 15 is 0 Å². The van der Waals surface area contributed by atoms with Crippen LogP contribution in [0.3, 0.4) is 0 Å². The molecule has 5 fully saturated rings. The van der Waals surface area contributed by atoms with Crippen molar-refractivity contribution in [2.45, 2.75) is 82.4 Å². The molecule has 1 spiro atoms. The summed E-state index contributed by atoms with van der Waals surface area (Å²) in [6, 6.07) is 11.6. The zero-order valence-electron chi connectivity index (χ0n) is 32.7. The fourth-order valence-electron chi connectivity index (χ4n) is 9.68. The van der Waals surface area contributed by atoms with E-state index < -0.39 is 23.8 Å². The number of anilines is 2. The van der Waals surface area contributed by atoms with E-state index in [2.05, 4.69) is 41.6 Å². The molecule has 6 aliphatic rings. The molecule has 17 heteroatoms. The highest BCUT2D eigenvalue weighted by molar-refractivity contribution is 7.17. The molecule has 9 rings (SSSR count). The van der Waals surface area contributed by atoms with Crippen LogP contribution in [-0.2, 0) is 9.59 Å². The number of hydrogen-bond acceptors (Lipinski definition) is 13. The van der Waals surface area contributed by atoms with Crippen LogP contribution < -0.4 is 25.2 Å². The van der Waals surface area contributed by atoms with Crippen LogP contribution in [0.25, 0.3) is 0 Å². The second kappa shape index (κ2) is 16.2. The molecule has 6 heterocycles. The number of halogens is 1. The minimum Gasteiger partial charge on any atom is -0.490 e. The minimum atomic E-state index is -0.967. The number of imide groups is 2. The van der Waals surface area contributed by atoms with Gasteiger partial charge in [0.1, 0.15) is 17.9 Å². The average molecular weight is 840 g/mol. The van der Waals surface area contributed by atoms with Gasteiger partial charge in [-0.15, -0.1) is 10.2 Å². The third kappa shape index (κ3) is 8.00. The zero-order valence-corrected chi connectivity index (χ0v) is 34.2. The summed E-state index contributed by atoms with van der Waals surface area (Å²) < 4.78 is 6.10. The summed E-state index contributed by atoms with van der Waals surface area (Å²) in [6.07, 6.45) is 7.83. The number of carbonyl (C=O) groups excluding carboxylic acids is 5. The molecular formula is C42H46ClN9O6S. The molecule has 2 N–H and O–H groups in total. The van der Waals surface area contributed by atoms with Gasteiger partial charge in [0.25, 0.3) is 17.7 Å². The SMILES string of the molecule is N#Cc1ccc(OC2CCC(NC(=O)c3nnc(N4CC5(CCN(CC6CCN(c7ccc8c(c7)C(=O)N(C7CCC(=O)NC7=O)C8=O)CC6)CC5)C4)s3)CC2)cc1Cl. The van der Waals surface area contributed by atoms with Gasteiger partial charge in [-0.05, 0) is 107 Å². The first-order valence-corrected chi connectivity index (χ1v) is 21.8. The van der Waals surface area contributed by atoms with Gasteiger partial charge in [0, 0.05) is 62.4 Å². The molecule has 1 saturated carbocycles. The molecule has 5 aliphatic heterocycles. The number of piperidine rings is 3. The van der Waals surface area contributed by atoms with Gasteiger partial charge in [0.2, 0.25) is 22.0 Å². The highest BCUT2D eigenvalue weighted by atomic mass is 35.5. The Morgan fingerprint density at radius 2 is 1.66 bits per heavy atom. The lowest BCUT2D eigenvalue weighted by Crippen LogP contribution is -2.60. The van der Waals surface area contributed by atoms with E-state index in [1.165, 1.54) is 11.3 Å². The smallest absolute Gasteiger partial charge is 0.282 e. The fraction of sp³-hybridized carbons (Fsp3) is 0.524. The molecule has 5 amide bonds. The number of ether oxygens (including phenoxy) is 1. The molecule has 3 aromatic rings. The van der Waals surface area contributed by atoms with Gasteiger partial charge in [0.05, 0.1) is 27.8 Å². The predicted octanol–water partition coefficient (Wildman–Crippen LogP) is 4.40.